The van der Waals surface area contributed by atoms with Crippen LogP contribution in [0.15, 0.2) is 0 Å². The molecular weight excluding hydrogens is 278 g/mol. The van der Waals surface area contributed by atoms with Gasteiger partial charge in [0.05, 0.1) is 12.2 Å². The first-order chi connectivity index (χ1) is 9.40. The van der Waals surface area contributed by atoms with Crippen LogP contribution >= 0.6 is 0 Å². The first-order valence-corrected chi connectivity index (χ1v) is 9.00. The second-order valence-electron chi connectivity index (χ2n) is 5.93. The van der Waals surface area contributed by atoms with E-state index in [9.17, 15) is 8.42 Å². The Labute approximate surface area is 122 Å². The Morgan fingerprint density at radius 2 is 1.85 bits per heavy atom. The number of ether oxygens (including phenoxy) is 1. The smallest absolute Gasteiger partial charge is 0.279 e. The van der Waals surface area contributed by atoms with Crippen LogP contribution in [0.5, 0.6) is 0 Å². The molecule has 0 saturated carbocycles. The van der Waals surface area contributed by atoms with Crippen LogP contribution in [0.25, 0.3) is 0 Å². The highest BCUT2D eigenvalue weighted by molar-refractivity contribution is 7.87. The van der Waals surface area contributed by atoms with Crippen molar-refractivity contribution in [3.8, 4) is 0 Å². The molecule has 0 spiro atoms. The average molecular weight is 305 g/mol. The molecule has 0 aromatic carbocycles. The van der Waals surface area contributed by atoms with Gasteiger partial charge in [0.15, 0.2) is 0 Å². The van der Waals surface area contributed by atoms with Crippen LogP contribution in [0.3, 0.4) is 0 Å². The van der Waals surface area contributed by atoms with E-state index in [4.69, 9.17) is 4.74 Å². The number of hydrogen-bond acceptors (Lipinski definition) is 4. The number of nitrogens with one attached hydrogen (secondary N) is 1. The van der Waals surface area contributed by atoms with Gasteiger partial charge in [-0.3, -0.25) is 0 Å². The molecule has 2 aliphatic rings. The van der Waals surface area contributed by atoms with Crippen molar-refractivity contribution in [2.75, 3.05) is 32.7 Å². The Balaban J connectivity index is 1.96. The normalized spacial score (nSPS) is 34.2. The first-order valence-electron chi connectivity index (χ1n) is 7.56. The van der Waals surface area contributed by atoms with Gasteiger partial charge in [-0.1, -0.05) is 6.92 Å². The van der Waals surface area contributed by atoms with Crippen LogP contribution in [0.4, 0.5) is 0 Å². The number of morpholine rings is 1. The van der Waals surface area contributed by atoms with Crippen molar-refractivity contribution in [1.29, 1.82) is 0 Å². The predicted molar refractivity (Wildman–Crippen MR) is 78.8 cm³/mol. The molecule has 0 bridgehead atoms. The van der Waals surface area contributed by atoms with E-state index in [-0.39, 0.29) is 18.2 Å². The van der Waals surface area contributed by atoms with E-state index in [0.29, 0.717) is 13.1 Å². The Hall–Kier alpha value is -0.210. The zero-order valence-electron chi connectivity index (χ0n) is 12.7. The summed E-state index contributed by atoms with van der Waals surface area (Å²) < 4.78 is 35.0. The van der Waals surface area contributed by atoms with Crippen molar-refractivity contribution in [3.05, 3.63) is 0 Å². The fourth-order valence-electron chi connectivity index (χ4n) is 3.05. The maximum atomic E-state index is 12.5. The van der Waals surface area contributed by atoms with Crippen molar-refractivity contribution in [1.82, 2.24) is 13.9 Å². The van der Waals surface area contributed by atoms with Gasteiger partial charge in [-0.25, -0.2) is 0 Å². The van der Waals surface area contributed by atoms with E-state index in [1.165, 1.54) is 4.31 Å². The van der Waals surface area contributed by atoms with Gasteiger partial charge in [-0.2, -0.15) is 17.4 Å². The number of likely N-dealkylation sites (N-methyl/N-ethyl adjacent to an activating group) is 1. The highest BCUT2D eigenvalue weighted by Crippen LogP contribution is 2.16. The molecule has 2 heterocycles. The van der Waals surface area contributed by atoms with E-state index < -0.39 is 10.2 Å². The van der Waals surface area contributed by atoms with Gasteiger partial charge in [-0.05, 0) is 39.8 Å². The maximum absolute atomic E-state index is 12.5. The largest absolute Gasteiger partial charge is 0.373 e. The number of nitrogens with zero attached hydrogens (tertiary/aromatic N) is 2. The summed E-state index contributed by atoms with van der Waals surface area (Å²) in [7, 11) is -3.40. The number of likely N-dealkylation sites (tertiary alicyclic amines) is 1. The van der Waals surface area contributed by atoms with Gasteiger partial charge in [0, 0.05) is 25.7 Å². The van der Waals surface area contributed by atoms with Gasteiger partial charge in [-0.15, -0.1) is 0 Å². The molecule has 118 valence electrons. The summed E-state index contributed by atoms with van der Waals surface area (Å²) in [6, 6.07) is 0.0298. The maximum Gasteiger partial charge on any atom is 0.279 e. The molecule has 20 heavy (non-hydrogen) atoms. The molecule has 6 nitrogen and oxygen atoms in total. The van der Waals surface area contributed by atoms with Crippen LogP contribution in [-0.4, -0.2) is 68.6 Å². The molecule has 3 unspecified atom stereocenters. The van der Waals surface area contributed by atoms with Crippen molar-refractivity contribution >= 4 is 10.2 Å². The van der Waals surface area contributed by atoms with E-state index in [2.05, 4.69) is 16.5 Å². The van der Waals surface area contributed by atoms with Gasteiger partial charge >= 0.3 is 0 Å². The predicted octanol–water partition coefficient (Wildman–Crippen LogP) is 0.414. The molecule has 0 aromatic heterocycles. The molecular formula is C13H27N3O3S. The number of hydrogen-bond donors (Lipinski definition) is 1. The Morgan fingerprint density at radius 1 is 1.20 bits per heavy atom. The summed E-state index contributed by atoms with van der Waals surface area (Å²) in [6.45, 7) is 9.67. The monoisotopic (exact) mass is 305 g/mol. The zero-order chi connectivity index (χ0) is 14.8. The molecule has 1 N–H and O–H groups in total. The lowest BCUT2D eigenvalue weighted by atomic mass is 10.1. The van der Waals surface area contributed by atoms with Crippen molar-refractivity contribution in [2.45, 2.75) is 51.9 Å². The molecule has 0 amide bonds. The van der Waals surface area contributed by atoms with Crippen LogP contribution in [0, 0.1) is 0 Å². The third-order valence-corrected chi connectivity index (χ3v) is 5.60. The average Bonchev–Trinajstić information content (AvgIpc) is 2.37. The van der Waals surface area contributed by atoms with Gasteiger partial charge in [0.2, 0.25) is 0 Å². The minimum Gasteiger partial charge on any atom is -0.373 e. The number of piperidine rings is 1. The summed E-state index contributed by atoms with van der Waals surface area (Å²) in [6.07, 6.45) is 1.88. The molecule has 0 aromatic rings. The van der Waals surface area contributed by atoms with Crippen LogP contribution in [0.2, 0.25) is 0 Å². The topological polar surface area (TPSA) is 61.9 Å². The summed E-state index contributed by atoms with van der Waals surface area (Å²) in [4.78, 5) is 2.29. The van der Waals surface area contributed by atoms with E-state index in [1.807, 2.05) is 13.8 Å². The lowest BCUT2D eigenvalue weighted by Gasteiger charge is -2.37. The highest BCUT2D eigenvalue weighted by atomic mass is 32.2. The van der Waals surface area contributed by atoms with E-state index in [1.54, 1.807) is 0 Å². The molecule has 0 radical (unpaired) electrons. The molecule has 2 aliphatic heterocycles. The summed E-state index contributed by atoms with van der Waals surface area (Å²) in [5.74, 6) is 0. The SMILES string of the molecule is CCN1CCCC(NS(=O)(=O)N2CC(C)OC(C)C2)C1. The van der Waals surface area contributed by atoms with Crippen LogP contribution in [0.1, 0.15) is 33.6 Å². The summed E-state index contributed by atoms with van der Waals surface area (Å²) in [5.41, 5.74) is 0. The van der Waals surface area contributed by atoms with Gasteiger partial charge in [0.1, 0.15) is 0 Å². The zero-order valence-corrected chi connectivity index (χ0v) is 13.5. The lowest BCUT2D eigenvalue weighted by molar-refractivity contribution is -0.0445. The molecule has 2 saturated heterocycles. The third-order valence-electron chi connectivity index (χ3n) is 3.99. The molecule has 2 fully saturated rings. The minimum absolute atomic E-state index is 0.0298. The summed E-state index contributed by atoms with van der Waals surface area (Å²) >= 11 is 0. The van der Waals surface area contributed by atoms with Crippen LogP contribution in [-0.2, 0) is 14.9 Å². The first kappa shape index (κ1) is 16.2. The minimum atomic E-state index is -3.40. The number of rotatable bonds is 4. The van der Waals surface area contributed by atoms with Crippen molar-refractivity contribution < 1.29 is 13.2 Å². The van der Waals surface area contributed by atoms with Crippen LogP contribution < -0.4 is 4.72 Å². The molecule has 0 aliphatic carbocycles. The van der Waals surface area contributed by atoms with Crippen molar-refractivity contribution in [2.24, 2.45) is 0 Å². The third kappa shape index (κ3) is 4.14. The lowest BCUT2D eigenvalue weighted by Crippen LogP contribution is -2.56. The molecule has 7 heteroatoms. The standard InChI is InChI=1S/C13H27N3O3S/c1-4-15-7-5-6-13(10-15)14-20(17,18)16-8-11(2)19-12(3)9-16/h11-14H,4-10H2,1-3H3. The quantitative estimate of drug-likeness (QED) is 0.817. The second-order valence-corrected chi connectivity index (χ2v) is 7.63. The Kier molecular flexibility index (Phi) is 5.42. The van der Waals surface area contributed by atoms with E-state index >= 15 is 0 Å². The second kappa shape index (κ2) is 6.70. The molecule has 3 atom stereocenters. The fourth-order valence-corrected chi connectivity index (χ4v) is 4.63. The van der Waals surface area contributed by atoms with E-state index in [0.717, 1.165) is 32.5 Å². The highest BCUT2D eigenvalue weighted by Gasteiger charge is 2.33. The van der Waals surface area contributed by atoms with Crippen molar-refractivity contribution in [3.63, 3.8) is 0 Å². The van der Waals surface area contributed by atoms with Gasteiger partial charge < -0.3 is 9.64 Å². The Bertz CT molecular complexity index is 405. The van der Waals surface area contributed by atoms with Gasteiger partial charge in [0.25, 0.3) is 10.2 Å². The summed E-state index contributed by atoms with van der Waals surface area (Å²) in [5, 5.41) is 0. The Morgan fingerprint density at radius 3 is 2.45 bits per heavy atom. The molecule has 2 rings (SSSR count). The fraction of sp³-hybridized carbons (Fsp3) is 1.00.